The average Bonchev–Trinajstić information content (AvgIpc) is 2.50. The van der Waals surface area contributed by atoms with Crippen LogP contribution in [0, 0.1) is 5.82 Å². The lowest BCUT2D eigenvalue weighted by atomic mass is 10.1. The van der Waals surface area contributed by atoms with Gasteiger partial charge in [0.2, 0.25) is 0 Å². The van der Waals surface area contributed by atoms with Crippen molar-refractivity contribution in [2.24, 2.45) is 0 Å². The Kier molecular flexibility index (Phi) is 3.30. The summed E-state index contributed by atoms with van der Waals surface area (Å²) in [5.74, 6) is -1.48. The zero-order chi connectivity index (χ0) is 15.7. The molecule has 2 aromatic carbocycles. The first-order valence-electron chi connectivity index (χ1n) is 6.39. The van der Waals surface area contributed by atoms with E-state index in [4.69, 9.17) is 5.73 Å². The zero-order valence-electron chi connectivity index (χ0n) is 11.3. The predicted octanol–water partition coefficient (Wildman–Crippen LogP) is 2.20. The van der Waals surface area contributed by atoms with Crippen LogP contribution in [-0.2, 0) is 0 Å². The molecule has 0 atom stereocenters. The number of aromatic nitrogens is 2. The molecule has 0 aliphatic rings. The van der Waals surface area contributed by atoms with Gasteiger partial charge in [0.05, 0.1) is 6.20 Å². The Hall–Kier alpha value is -3.22. The fourth-order valence-electron chi connectivity index (χ4n) is 2.04. The Morgan fingerprint density at radius 3 is 2.68 bits per heavy atom. The van der Waals surface area contributed by atoms with Crippen LogP contribution in [-0.4, -0.2) is 15.6 Å². The monoisotopic (exact) mass is 298 g/mol. The summed E-state index contributed by atoms with van der Waals surface area (Å²) in [6.45, 7) is 0. The van der Waals surface area contributed by atoms with E-state index in [1.807, 2.05) is 30.3 Å². The second-order valence-electron chi connectivity index (χ2n) is 4.62. The first kappa shape index (κ1) is 13.7. The van der Waals surface area contributed by atoms with Crippen molar-refractivity contribution in [2.45, 2.75) is 0 Å². The number of nitrogen functional groups attached to an aromatic ring is 1. The van der Waals surface area contributed by atoms with E-state index in [0.29, 0.717) is 16.5 Å². The maximum atomic E-state index is 13.3. The van der Waals surface area contributed by atoms with E-state index in [2.05, 4.69) is 10.3 Å². The summed E-state index contributed by atoms with van der Waals surface area (Å²) in [7, 11) is 0. The summed E-state index contributed by atoms with van der Waals surface area (Å²) in [5.41, 5.74) is 4.71. The van der Waals surface area contributed by atoms with Crippen LogP contribution >= 0.6 is 0 Å². The van der Waals surface area contributed by atoms with Crippen LogP contribution in [0.2, 0.25) is 0 Å². The maximum Gasteiger partial charge on any atom is 0.357 e. The number of rotatable bonds is 1. The van der Waals surface area contributed by atoms with E-state index in [1.54, 1.807) is 12.1 Å². The van der Waals surface area contributed by atoms with Gasteiger partial charge in [-0.1, -0.05) is 30.3 Å². The Morgan fingerprint density at radius 2 is 1.91 bits per heavy atom. The first-order chi connectivity index (χ1) is 10.5. The molecule has 1 amide bonds. The fourth-order valence-corrected chi connectivity index (χ4v) is 2.04. The fraction of sp³-hybridized carbons (Fsp3) is 0. The molecular formula is C15H11FN4O2. The largest absolute Gasteiger partial charge is 0.381 e. The number of anilines is 2. The number of fused-ring (bicyclic) bond motifs is 1. The molecule has 1 heterocycles. The lowest BCUT2D eigenvalue weighted by molar-refractivity contribution is 0.252. The van der Waals surface area contributed by atoms with Gasteiger partial charge in [0, 0.05) is 5.69 Å². The molecule has 0 aliphatic carbocycles. The summed E-state index contributed by atoms with van der Waals surface area (Å²) in [4.78, 5) is 26.9. The van der Waals surface area contributed by atoms with Crippen molar-refractivity contribution in [1.29, 1.82) is 0 Å². The van der Waals surface area contributed by atoms with Crippen LogP contribution in [0.5, 0.6) is 0 Å². The Labute approximate surface area is 124 Å². The molecule has 3 N–H and O–H groups in total. The molecule has 22 heavy (non-hydrogen) atoms. The maximum absolute atomic E-state index is 13.3. The van der Waals surface area contributed by atoms with Crippen molar-refractivity contribution in [1.82, 2.24) is 9.55 Å². The minimum atomic E-state index is -0.947. The molecule has 0 aliphatic heterocycles. The van der Waals surface area contributed by atoms with Gasteiger partial charge in [-0.3, -0.25) is 0 Å². The van der Waals surface area contributed by atoms with Gasteiger partial charge in [-0.05, 0) is 22.9 Å². The number of hydrogen-bond acceptors (Lipinski definition) is 4. The number of amides is 1. The van der Waals surface area contributed by atoms with Crippen molar-refractivity contribution >= 4 is 28.3 Å². The smallest absolute Gasteiger partial charge is 0.357 e. The second-order valence-corrected chi connectivity index (χ2v) is 4.62. The van der Waals surface area contributed by atoms with Crippen LogP contribution < -0.4 is 16.7 Å². The number of hydrogen-bond donors (Lipinski definition) is 2. The van der Waals surface area contributed by atoms with E-state index in [1.165, 1.54) is 0 Å². The number of nitrogens with zero attached hydrogens (tertiary/aromatic N) is 2. The molecule has 3 aromatic rings. The van der Waals surface area contributed by atoms with E-state index >= 15 is 0 Å². The lowest BCUT2D eigenvalue weighted by Gasteiger charge is -2.08. The third kappa shape index (κ3) is 2.51. The van der Waals surface area contributed by atoms with Crippen LogP contribution in [0.4, 0.5) is 20.7 Å². The van der Waals surface area contributed by atoms with Gasteiger partial charge in [0.25, 0.3) is 0 Å². The second kappa shape index (κ2) is 5.28. The first-order valence-corrected chi connectivity index (χ1v) is 6.39. The number of benzene rings is 2. The highest BCUT2D eigenvalue weighted by Gasteiger charge is 2.12. The molecule has 0 radical (unpaired) electrons. The van der Waals surface area contributed by atoms with Gasteiger partial charge in [0.1, 0.15) is 0 Å². The predicted molar refractivity (Wildman–Crippen MR) is 81.2 cm³/mol. The molecule has 0 bridgehead atoms. The van der Waals surface area contributed by atoms with Gasteiger partial charge in [-0.25, -0.2) is 18.5 Å². The van der Waals surface area contributed by atoms with E-state index < -0.39 is 23.4 Å². The normalized spacial score (nSPS) is 10.6. The molecule has 0 spiro atoms. The molecule has 3 rings (SSSR count). The van der Waals surface area contributed by atoms with Crippen LogP contribution in [0.3, 0.4) is 0 Å². The zero-order valence-corrected chi connectivity index (χ0v) is 11.3. The van der Waals surface area contributed by atoms with Crippen molar-refractivity contribution in [3.63, 3.8) is 0 Å². The molecule has 1 aromatic heterocycles. The SMILES string of the molecule is Nc1nc(=O)n(C(=O)Nc2ccc3ccccc3c2)cc1F. The summed E-state index contributed by atoms with van der Waals surface area (Å²) < 4.78 is 13.9. The molecule has 110 valence electrons. The summed E-state index contributed by atoms with van der Waals surface area (Å²) >= 11 is 0. The van der Waals surface area contributed by atoms with Crippen molar-refractivity contribution in [3.8, 4) is 0 Å². The highest BCUT2D eigenvalue weighted by Crippen LogP contribution is 2.18. The van der Waals surface area contributed by atoms with Crippen LogP contribution in [0.15, 0.2) is 53.5 Å². The summed E-state index contributed by atoms with van der Waals surface area (Å²) in [6.07, 6.45) is 0.709. The standard InChI is InChI=1S/C15H11FN4O2/c16-12-8-20(15(22)19-13(12)17)14(21)18-11-6-5-9-3-1-2-4-10(9)7-11/h1-8H,(H,18,21)(H2,17,19,22). The molecule has 0 saturated carbocycles. The number of carbonyl (C=O) groups excluding carboxylic acids is 1. The summed E-state index contributed by atoms with van der Waals surface area (Å²) in [5, 5.41) is 4.45. The number of nitrogens with one attached hydrogen (secondary N) is 1. The van der Waals surface area contributed by atoms with Gasteiger partial charge < -0.3 is 11.1 Å². The molecule has 6 nitrogen and oxygen atoms in total. The quantitative estimate of drug-likeness (QED) is 0.720. The minimum Gasteiger partial charge on any atom is -0.381 e. The molecule has 0 saturated heterocycles. The van der Waals surface area contributed by atoms with Crippen molar-refractivity contribution < 1.29 is 9.18 Å². The third-order valence-corrected chi connectivity index (χ3v) is 3.13. The third-order valence-electron chi connectivity index (χ3n) is 3.13. The average molecular weight is 298 g/mol. The highest BCUT2D eigenvalue weighted by atomic mass is 19.1. The molecule has 0 unspecified atom stereocenters. The van der Waals surface area contributed by atoms with Crippen molar-refractivity contribution in [3.05, 3.63) is 65.0 Å². The van der Waals surface area contributed by atoms with E-state index in [9.17, 15) is 14.0 Å². The molecule has 7 heteroatoms. The van der Waals surface area contributed by atoms with Gasteiger partial charge >= 0.3 is 11.7 Å². The van der Waals surface area contributed by atoms with E-state index in [0.717, 1.165) is 10.8 Å². The minimum absolute atomic E-state index is 0.479. The topological polar surface area (TPSA) is 90.0 Å². The van der Waals surface area contributed by atoms with Crippen LogP contribution in [0.25, 0.3) is 10.8 Å². The molecular weight excluding hydrogens is 287 g/mol. The highest BCUT2D eigenvalue weighted by molar-refractivity contribution is 5.94. The van der Waals surface area contributed by atoms with Gasteiger partial charge in [-0.15, -0.1) is 0 Å². The van der Waals surface area contributed by atoms with Gasteiger partial charge in [-0.2, -0.15) is 4.98 Å². The number of nitrogens with two attached hydrogens (primary N) is 1. The number of carbonyl (C=O) groups is 1. The Bertz CT molecular complexity index is 936. The molecule has 0 fully saturated rings. The Morgan fingerprint density at radius 1 is 1.18 bits per heavy atom. The number of halogens is 1. The van der Waals surface area contributed by atoms with Crippen LogP contribution in [0.1, 0.15) is 0 Å². The summed E-state index contributed by atoms with van der Waals surface area (Å²) in [6, 6.07) is 12.1. The lowest BCUT2D eigenvalue weighted by Crippen LogP contribution is -2.33. The van der Waals surface area contributed by atoms with Gasteiger partial charge in [0.15, 0.2) is 11.6 Å². The van der Waals surface area contributed by atoms with Crippen molar-refractivity contribution in [2.75, 3.05) is 11.1 Å². The van der Waals surface area contributed by atoms with E-state index in [-0.39, 0.29) is 0 Å². The Balaban J connectivity index is 1.93.